The van der Waals surface area contributed by atoms with Gasteiger partial charge in [0.15, 0.2) is 5.78 Å². The van der Waals surface area contributed by atoms with Gasteiger partial charge in [0.1, 0.15) is 5.75 Å². The molecule has 2 rings (SSSR count). The molecule has 0 N–H and O–H groups in total. The summed E-state index contributed by atoms with van der Waals surface area (Å²) in [7, 11) is 1.58. The fraction of sp³-hybridized carbons (Fsp3) is 0.333. The van der Waals surface area contributed by atoms with Crippen molar-refractivity contribution in [1.29, 1.82) is 0 Å². The Bertz CT molecular complexity index is 430. The lowest BCUT2D eigenvalue weighted by Crippen LogP contribution is -2.29. The predicted molar refractivity (Wildman–Crippen MR) is 66.8 cm³/mol. The van der Waals surface area contributed by atoms with E-state index in [9.17, 15) is 9.59 Å². The van der Waals surface area contributed by atoms with Crippen molar-refractivity contribution < 1.29 is 14.3 Å². The highest BCUT2D eigenvalue weighted by Crippen LogP contribution is 2.18. The first-order valence-corrected chi connectivity index (χ1v) is 6.28. The minimum Gasteiger partial charge on any atom is -0.497 e. The fourth-order valence-electron chi connectivity index (χ4n) is 1.61. The van der Waals surface area contributed by atoms with Gasteiger partial charge in [-0.3, -0.25) is 9.59 Å². The number of ketones is 1. The molecule has 0 spiro atoms. The van der Waals surface area contributed by atoms with E-state index in [2.05, 4.69) is 0 Å². The zero-order valence-corrected chi connectivity index (χ0v) is 10.3. The molecular weight excluding hydrogens is 238 g/mol. The second-order valence-corrected chi connectivity index (χ2v) is 4.73. The fourth-order valence-corrected chi connectivity index (χ4v) is 2.44. The summed E-state index contributed by atoms with van der Waals surface area (Å²) in [5, 5.41) is -0.00754. The minimum absolute atomic E-state index is 0.00754. The number of nitrogens with zero attached hydrogens (tertiary/aromatic N) is 1. The van der Waals surface area contributed by atoms with Crippen LogP contribution in [-0.2, 0) is 0 Å². The van der Waals surface area contributed by atoms with Crippen molar-refractivity contribution in [3.63, 3.8) is 0 Å². The van der Waals surface area contributed by atoms with E-state index in [1.807, 2.05) is 0 Å². The van der Waals surface area contributed by atoms with Crippen molar-refractivity contribution in [2.24, 2.45) is 0 Å². The van der Waals surface area contributed by atoms with Gasteiger partial charge in [0.25, 0.3) is 5.24 Å². The summed E-state index contributed by atoms with van der Waals surface area (Å²) in [6.07, 6.45) is 0. The molecule has 0 aliphatic carbocycles. The van der Waals surface area contributed by atoms with Crippen LogP contribution < -0.4 is 4.74 Å². The van der Waals surface area contributed by atoms with E-state index in [0.29, 0.717) is 17.9 Å². The summed E-state index contributed by atoms with van der Waals surface area (Å²) in [5.74, 6) is 1.45. The van der Waals surface area contributed by atoms with Crippen LogP contribution in [0.5, 0.6) is 5.75 Å². The van der Waals surface area contributed by atoms with Crippen LogP contribution in [0.1, 0.15) is 10.4 Å². The molecule has 1 aromatic rings. The van der Waals surface area contributed by atoms with Crippen LogP contribution >= 0.6 is 11.8 Å². The number of benzene rings is 1. The highest BCUT2D eigenvalue weighted by molar-refractivity contribution is 8.13. The molecule has 1 aromatic carbocycles. The maximum Gasteiger partial charge on any atom is 0.282 e. The third-order valence-corrected chi connectivity index (χ3v) is 3.48. The van der Waals surface area contributed by atoms with Gasteiger partial charge >= 0.3 is 0 Å². The summed E-state index contributed by atoms with van der Waals surface area (Å²) in [4.78, 5) is 24.8. The van der Waals surface area contributed by atoms with E-state index in [1.54, 1.807) is 36.3 Å². The number of thioether (sulfide) groups is 1. The third kappa shape index (κ3) is 2.79. The number of Topliss-reactive ketones (excluding diaryl/α,β-unsaturated/α-hetero) is 1. The number of rotatable bonds is 4. The highest BCUT2D eigenvalue weighted by Gasteiger charge is 2.23. The molecule has 1 aliphatic rings. The molecule has 1 heterocycles. The van der Waals surface area contributed by atoms with Gasteiger partial charge in [0, 0.05) is 17.9 Å². The average molecular weight is 251 g/mol. The molecule has 1 aliphatic heterocycles. The van der Waals surface area contributed by atoms with Crippen LogP contribution in [0.25, 0.3) is 0 Å². The van der Waals surface area contributed by atoms with Crippen molar-refractivity contribution in [3.8, 4) is 5.75 Å². The summed E-state index contributed by atoms with van der Waals surface area (Å²) in [5.41, 5.74) is 0.607. The second kappa shape index (κ2) is 5.23. The van der Waals surface area contributed by atoms with Crippen LogP contribution in [0.4, 0.5) is 4.79 Å². The lowest BCUT2D eigenvalue weighted by molar-refractivity contribution is 0.0956. The first-order valence-electron chi connectivity index (χ1n) is 5.29. The molecule has 1 saturated heterocycles. The number of carbonyl (C=O) groups is 2. The number of carbonyl (C=O) groups excluding carboxylic acids is 2. The van der Waals surface area contributed by atoms with E-state index in [1.165, 1.54) is 11.8 Å². The standard InChI is InChI=1S/C12H13NO3S/c1-16-10-4-2-9(3-5-10)11(14)8-13-6-7-17-12(13)15/h2-5H,6-8H2,1H3. The number of hydrogen-bond acceptors (Lipinski definition) is 4. The quantitative estimate of drug-likeness (QED) is 0.768. The van der Waals surface area contributed by atoms with Gasteiger partial charge in [-0.15, -0.1) is 0 Å². The summed E-state index contributed by atoms with van der Waals surface area (Å²) >= 11 is 1.26. The molecular formula is C12H13NO3S. The van der Waals surface area contributed by atoms with Crippen molar-refractivity contribution in [1.82, 2.24) is 4.90 Å². The zero-order chi connectivity index (χ0) is 12.3. The Morgan fingerprint density at radius 2 is 2.12 bits per heavy atom. The van der Waals surface area contributed by atoms with Crippen LogP contribution in [0.2, 0.25) is 0 Å². The zero-order valence-electron chi connectivity index (χ0n) is 9.51. The van der Waals surface area contributed by atoms with Crippen molar-refractivity contribution in [2.45, 2.75) is 0 Å². The van der Waals surface area contributed by atoms with Crippen molar-refractivity contribution >= 4 is 22.8 Å². The van der Waals surface area contributed by atoms with E-state index >= 15 is 0 Å². The molecule has 1 fully saturated rings. The number of methoxy groups -OCH3 is 1. The Hall–Kier alpha value is -1.49. The number of ether oxygens (including phenoxy) is 1. The van der Waals surface area contributed by atoms with E-state index in [4.69, 9.17) is 4.74 Å². The highest BCUT2D eigenvalue weighted by atomic mass is 32.2. The Morgan fingerprint density at radius 3 is 2.65 bits per heavy atom. The molecule has 1 amide bonds. The smallest absolute Gasteiger partial charge is 0.282 e. The molecule has 0 bridgehead atoms. The maximum absolute atomic E-state index is 11.9. The third-order valence-electron chi connectivity index (χ3n) is 2.59. The molecule has 0 unspecified atom stereocenters. The van der Waals surface area contributed by atoms with Gasteiger partial charge in [-0.25, -0.2) is 0 Å². The predicted octanol–water partition coefficient (Wildman–Crippen LogP) is 2.05. The number of hydrogen-bond donors (Lipinski definition) is 0. The van der Waals surface area contributed by atoms with Gasteiger partial charge in [0.05, 0.1) is 13.7 Å². The van der Waals surface area contributed by atoms with Crippen molar-refractivity contribution in [2.75, 3.05) is 26.0 Å². The van der Waals surface area contributed by atoms with Crippen molar-refractivity contribution in [3.05, 3.63) is 29.8 Å². The molecule has 0 saturated carbocycles. The topological polar surface area (TPSA) is 46.6 Å². The minimum atomic E-state index is -0.0384. The first kappa shape index (κ1) is 12.0. The summed E-state index contributed by atoms with van der Waals surface area (Å²) < 4.78 is 5.02. The average Bonchev–Trinajstić information content (AvgIpc) is 2.75. The van der Waals surface area contributed by atoms with Gasteiger partial charge in [0.2, 0.25) is 0 Å². The maximum atomic E-state index is 11.9. The van der Waals surface area contributed by atoms with Gasteiger partial charge in [-0.05, 0) is 24.3 Å². The summed E-state index contributed by atoms with van der Waals surface area (Å²) in [6.45, 7) is 0.823. The molecule has 17 heavy (non-hydrogen) atoms. The molecule has 90 valence electrons. The monoisotopic (exact) mass is 251 g/mol. The van der Waals surface area contributed by atoms with E-state index in [-0.39, 0.29) is 17.6 Å². The lowest BCUT2D eigenvalue weighted by atomic mass is 10.1. The van der Waals surface area contributed by atoms with Crippen LogP contribution in [0, 0.1) is 0 Å². The van der Waals surface area contributed by atoms with Crippen LogP contribution in [0.15, 0.2) is 24.3 Å². The Labute approximate surface area is 104 Å². The SMILES string of the molecule is COc1ccc(C(=O)CN2CCSC2=O)cc1. The van der Waals surface area contributed by atoms with Gasteiger partial charge in [-0.1, -0.05) is 11.8 Å². The Morgan fingerprint density at radius 1 is 1.41 bits per heavy atom. The van der Waals surface area contributed by atoms with Crippen LogP contribution in [-0.4, -0.2) is 41.9 Å². The summed E-state index contributed by atoms with van der Waals surface area (Å²) in [6, 6.07) is 6.92. The van der Waals surface area contributed by atoms with Crippen LogP contribution in [0.3, 0.4) is 0 Å². The molecule has 0 aromatic heterocycles. The molecule has 4 nitrogen and oxygen atoms in total. The first-order chi connectivity index (χ1) is 8.20. The second-order valence-electron chi connectivity index (χ2n) is 3.69. The molecule has 0 atom stereocenters. The Kier molecular flexibility index (Phi) is 3.68. The normalized spacial score (nSPS) is 15.1. The molecule has 5 heteroatoms. The van der Waals surface area contributed by atoms with E-state index < -0.39 is 0 Å². The van der Waals surface area contributed by atoms with Gasteiger partial charge < -0.3 is 9.64 Å². The van der Waals surface area contributed by atoms with Gasteiger partial charge in [-0.2, -0.15) is 0 Å². The lowest BCUT2D eigenvalue weighted by Gasteiger charge is -2.13. The molecule has 0 radical (unpaired) electrons. The van der Waals surface area contributed by atoms with E-state index in [0.717, 1.165) is 5.75 Å². The number of amides is 1. The Balaban J connectivity index is 2.01. The largest absolute Gasteiger partial charge is 0.497 e.